The second-order valence-corrected chi connectivity index (χ2v) is 6.36. The number of aryl methyl sites for hydroxylation is 1. The summed E-state index contributed by atoms with van der Waals surface area (Å²) in [6.07, 6.45) is 3.45. The first-order valence-electron chi connectivity index (χ1n) is 6.54. The van der Waals surface area contributed by atoms with Crippen molar-refractivity contribution in [3.8, 4) is 0 Å². The van der Waals surface area contributed by atoms with Crippen LogP contribution >= 0.6 is 11.3 Å². The molecule has 1 aliphatic heterocycles. The molecule has 2 amide bonds. The van der Waals surface area contributed by atoms with Gasteiger partial charge in [0.2, 0.25) is 10.9 Å². The van der Waals surface area contributed by atoms with Crippen molar-refractivity contribution in [2.45, 2.75) is 44.7 Å². The highest BCUT2D eigenvalue weighted by molar-refractivity contribution is 7.13. The number of carbonyl (C=O) groups excluding carboxylic acids is 2. The van der Waals surface area contributed by atoms with E-state index in [0.29, 0.717) is 23.8 Å². The van der Waals surface area contributed by atoms with Gasteiger partial charge in [-0.15, -0.1) is 10.2 Å². The lowest BCUT2D eigenvalue weighted by Gasteiger charge is -2.32. The minimum Gasteiger partial charge on any atom is -0.351 e. The van der Waals surface area contributed by atoms with Crippen molar-refractivity contribution in [2.24, 2.45) is 5.92 Å². The molecule has 2 N–H and O–H groups in total. The van der Waals surface area contributed by atoms with Gasteiger partial charge in [0.25, 0.3) is 5.91 Å². The first-order valence-corrected chi connectivity index (χ1v) is 7.35. The van der Waals surface area contributed by atoms with Gasteiger partial charge < -0.3 is 10.6 Å². The van der Waals surface area contributed by atoms with Gasteiger partial charge in [0.1, 0.15) is 5.01 Å². The smallest absolute Gasteiger partial charge is 0.282 e. The van der Waals surface area contributed by atoms with Crippen molar-refractivity contribution in [2.75, 3.05) is 0 Å². The highest BCUT2D eigenvalue weighted by Crippen LogP contribution is 2.36. The largest absolute Gasteiger partial charge is 0.351 e. The molecule has 0 spiro atoms. The topological polar surface area (TPSA) is 84.0 Å². The lowest BCUT2D eigenvalue weighted by atomic mass is 9.94. The van der Waals surface area contributed by atoms with Gasteiger partial charge in [-0.1, -0.05) is 11.3 Å². The summed E-state index contributed by atoms with van der Waals surface area (Å²) in [6.45, 7) is 1.82. The van der Waals surface area contributed by atoms with E-state index < -0.39 is 0 Å². The lowest BCUT2D eigenvalue weighted by molar-refractivity contribution is -0.124. The number of rotatable bonds is 3. The van der Waals surface area contributed by atoms with Crippen LogP contribution < -0.4 is 10.6 Å². The van der Waals surface area contributed by atoms with Gasteiger partial charge in [-0.25, -0.2) is 0 Å². The monoisotopic (exact) mass is 280 g/mol. The minimum atomic E-state index is -0.183. The molecule has 0 radical (unpaired) electrons. The van der Waals surface area contributed by atoms with Gasteiger partial charge in [-0.2, -0.15) is 0 Å². The summed E-state index contributed by atoms with van der Waals surface area (Å²) >= 11 is 1.29. The molecule has 2 aliphatic rings. The maximum Gasteiger partial charge on any atom is 0.282 e. The third-order valence-corrected chi connectivity index (χ3v) is 4.45. The van der Waals surface area contributed by atoms with Crippen LogP contribution in [0.4, 0.5) is 0 Å². The maximum atomic E-state index is 12.1. The van der Waals surface area contributed by atoms with Gasteiger partial charge in [-0.3, -0.25) is 9.59 Å². The Labute approximate surface area is 115 Å². The van der Waals surface area contributed by atoms with Crippen molar-refractivity contribution < 1.29 is 9.59 Å². The predicted molar refractivity (Wildman–Crippen MR) is 69.8 cm³/mol. The van der Waals surface area contributed by atoms with E-state index in [1.54, 1.807) is 0 Å². The van der Waals surface area contributed by atoms with E-state index in [-0.39, 0.29) is 23.9 Å². The molecule has 1 aromatic rings. The van der Waals surface area contributed by atoms with E-state index in [1.807, 2.05) is 6.92 Å². The van der Waals surface area contributed by atoms with Crippen LogP contribution in [0.25, 0.3) is 0 Å². The van der Waals surface area contributed by atoms with Gasteiger partial charge in [0.15, 0.2) is 0 Å². The van der Waals surface area contributed by atoms with Crippen LogP contribution in [0.5, 0.6) is 0 Å². The Morgan fingerprint density at radius 3 is 2.79 bits per heavy atom. The third kappa shape index (κ3) is 2.75. The second kappa shape index (κ2) is 4.88. The molecule has 2 heterocycles. The minimum absolute atomic E-state index is 0.0157. The molecule has 2 unspecified atom stereocenters. The van der Waals surface area contributed by atoms with Crippen LogP contribution in [0, 0.1) is 12.8 Å². The number of carbonyl (C=O) groups is 2. The molecule has 102 valence electrons. The fourth-order valence-corrected chi connectivity index (χ4v) is 3.10. The molecule has 7 heteroatoms. The number of nitrogens with one attached hydrogen (secondary N) is 2. The number of nitrogens with zero attached hydrogens (tertiary/aromatic N) is 2. The normalized spacial score (nSPS) is 26.9. The first kappa shape index (κ1) is 12.5. The van der Waals surface area contributed by atoms with E-state index in [9.17, 15) is 9.59 Å². The van der Waals surface area contributed by atoms with E-state index in [4.69, 9.17) is 0 Å². The molecular weight excluding hydrogens is 264 g/mol. The molecule has 1 aromatic heterocycles. The molecule has 1 saturated heterocycles. The summed E-state index contributed by atoms with van der Waals surface area (Å²) in [5.74, 6) is 0.428. The summed E-state index contributed by atoms with van der Waals surface area (Å²) < 4.78 is 0. The quantitative estimate of drug-likeness (QED) is 0.850. The number of hydrogen-bond acceptors (Lipinski definition) is 5. The molecule has 2 fully saturated rings. The summed E-state index contributed by atoms with van der Waals surface area (Å²) in [5.41, 5.74) is 0. The maximum absolute atomic E-state index is 12.1. The zero-order valence-electron chi connectivity index (χ0n) is 10.7. The molecule has 6 nitrogen and oxygen atoms in total. The van der Waals surface area contributed by atoms with E-state index in [2.05, 4.69) is 20.8 Å². The molecule has 0 aromatic carbocycles. The zero-order valence-corrected chi connectivity index (χ0v) is 11.5. The number of piperidine rings is 1. The standard InChI is InChI=1S/C12H16N4O2S/c1-6-15-16-12(19-6)11(18)13-8-4-5-9(17)14-10(8)7-2-3-7/h7-8,10H,2-5H2,1H3,(H,13,18)(H,14,17). The van der Waals surface area contributed by atoms with Crippen molar-refractivity contribution in [1.82, 2.24) is 20.8 Å². The van der Waals surface area contributed by atoms with E-state index in [0.717, 1.165) is 17.8 Å². The number of amides is 2. The number of hydrogen-bond donors (Lipinski definition) is 2. The van der Waals surface area contributed by atoms with Gasteiger partial charge >= 0.3 is 0 Å². The molecule has 1 aliphatic carbocycles. The van der Waals surface area contributed by atoms with Crippen molar-refractivity contribution in [3.63, 3.8) is 0 Å². The fraction of sp³-hybridized carbons (Fsp3) is 0.667. The molecular formula is C12H16N4O2S. The molecule has 3 rings (SSSR count). The summed E-state index contributed by atoms with van der Waals surface area (Å²) in [7, 11) is 0. The summed E-state index contributed by atoms with van der Waals surface area (Å²) in [5, 5.41) is 14.9. The van der Waals surface area contributed by atoms with E-state index >= 15 is 0 Å². The first-order chi connectivity index (χ1) is 9.13. The van der Waals surface area contributed by atoms with Crippen molar-refractivity contribution in [3.05, 3.63) is 10.0 Å². The number of aromatic nitrogens is 2. The Morgan fingerprint density at radius 1 is 1.37 bits per heavy atom. The van der Waals surface area contributed by atoms with Crippen molar-refractivity contribution >= 4 is 23.2 Å². The second-order valence-electron chi connectivity index (χ2n) is 5.18. The average Bonchev–Trinajstić information content (AvgIpc) is 3.13. The van der Waals surface area contributed by atoms with Crippen LogP contribution in [0.15, 0.2) is 0 Å². The van der Waals surface area contributed by atoms with Crippen LogP contribution in [-0.2, 0) is 4.79 Å². The lowest BCUT2D eigenvalue weighted by Crippen LogP contribution is -2.56. The molecule has 0 bridgehead atoms. The Morgan fingerprint density at radius 2 is 2.16 bits per heavy atom. The highest BCUT2D eigenvalue weighted by Gasteiger charge is 2.40. The third-order valence-electron chi connectivity index (χ3n) is 3.61. The van der Waals surface area contributed by atoms with Crippen LogP contribution in [-0.4, -0.2) is 34.1 Å². The molecule has 19 heavy (non-hydrogen) atoms. The Bertz CT molecular complexity index is 512. The Kier molecular flexibility index (Phi) is 3.22. The molecule has 1 saturated carbocycles. The van der Waals surface area contributed by atoms with Gasteiger partial charge in [0.05, 0.1) is 12.1 Å². The SMILES string of the molecule is Cc1nnc(C(=O)NC2CCC(=O)NC2C2CC2)s1. The van der Waals surface area contributed by atoms with Gasteiger partial charge in [-0.05, 0) is 32.1 Å². The summed E-state index contributed by atoms with van der Waals surface area (Å²) in [4.78, 5) is 23.5. The predicted octanol–water partition coefficient (Wildman–Crippen LogP) is 0.634. The average molecular weight is 280 g/mol. The fourth-order valence-electron chi connectivity index (χ4n) is 2.51. The van der Waals surface area contributed by atoms with Crippen LogP contribution in [0.1, 0.15) is 40.5 Å². The highest BCUT2D eigenvalue weighted by atomic mass is 32.1. The van der Waals surface area contributed by atoms with Gasteiger partial charge in [0, 0.05) is 6.42 Å². The van der Waals surface area contributed by atoms with Crippen molar-refractivity contribution in [1.29, 1.82) is 0 Å². The Hall–Kier alpha value is -1.50. The zero-order chi connectivity index (χ0) is 13.4. The Balaban J connectivity index is 1.67. The van der Waals surface area contributed by atoms with Crippen LogP contribution in [0.3, 0.4) is 0 Å². The molecule has 2 atom stereocenters. The summed E-state index contributed by atoms with van der Waals surface area (Å²) in [6, 6.07) is 0.0983. The van der Waals surface area contributed by atoms with Crippen LogP contribution in [0.2, 0.25) is 0 Å². The van der Waals surface area contributed by atoms with E-state index in [1.165, 1.54) is 11.3 Å².